The lowest BCUT2D eigenvalue weighted by atomic mass is 10.00. The molecule has 1 rings (SSSR count). The van der Waals surface area contributed by atoms with Crippen molar-refractivity contribution in [1.29, 1.82) is 5.26 Å². The summed E-state index contributed by atoms with van der Waals surface area (Å²) in [6, 6.07) is 5.77. The Balaban J connectivity index is 3.08. The normalized spacial score (nSPS) is 13.4. The molecule has 0 spiro atoms. The smallest absolute Gasteiger partial charge is 0.339 e. The fourth-order valence-electron chi connectivity index (χ4n) is 1.50. The molecule has 1 aromatic carbocycles. The standard InChI is InChI=1S/C12H13NO5/c1-18-10-3-2-7(6-8(10)12(16)17)11(15)9(14)4-5-13/h2-3,6,9,11,14-15H,4H2,1H3,(H,16,17). The van der Waals surface area contributed by atoms with E-state index < -0.39 is 18.2 Å². The number of rotatable bonds is 5. The highest BCUT2D eigenvalue weighted by Crippen LogP contribution is 2.25. The van der Waals surface area contributed by atoms with Gasteiger partial charge in [-0.1, -0.05) is 6.07 Å². The molecule has 0 aromatic heterocycles. The Labute approximate surface area is 104 Å². The van der Waals surface area contributed by atoms with Gasteiger partial charge in [-0.25, -0.2) is 4.79 Å². The van der Waals surface area contributed by atoms with Gasteiger partial charge in [-0.3, -0.25) is 0 Å². The van der Waals surface area contributed by atoms with Crippen LogP contribution in [-0.2, 0) is 0 Å². The maximum Gasteiger partial charge on any atom is 0.339 e. The lowest BCUT2D eigenvalue weighted by Gasteiger charge is -2.16. The van der Waals surface area contributed by atoms with E-state index in [1.165, 1.54) is 25.3 Å². The van der Waals surface area contributed by atoms with Gasteiger partial charge in [-0.05, 0) is 17.7 Å². The van der Waals surface area contributed by atoms with Gasteiger partial charge in [0.05, 0.1) is 25.7 Å². The van der Waals surface area contributed by atoms with Crippen LogP contribution in [0.15, 0.2) is 18.2 Å². The van der Waals surface area contributed by atoms with Crippen LogP contribution < -0.4 is 4.74 Å². The Hall–Kier alpha value is -2.10. The molecule has 0 aliphatic carbocycles. The van der Waals surface area contributed by atoms with Crippen LogP contribution in [0.3, 0.4) is 0 Å². The number of carbonyl (C=O) groups is 1. The highest BCUT2D eigenvalue weighted by molar-refractivity contribution is 5.91. The first-order chi connectivity index (χ1) is 8.51. The molecule has 6 nitrogen and oxygen atoms in total. The third kappa shape index (κ3) is 2.97. The van der Waals surface area contributed by atoms with Crippen LogP contribution in [0.2, 0.25) is 0 Å². The predicted molar refractivity (Wildman–Crippen MR) is 61.1 cm³/mol. The number of nitrogens with zero attached hydrogens (tertiary/aromatic N) is 1. The van der Waals surface area contributed by atoms with Crippen molar-refractivity contribution in [3.8, 4) is 11.8 Å². The van der Waals surface area contributed by atoms with E-state index in [9.17, 15) is 15.0 Å². The quantitative estimate of drug-likeness (QED) is 0.710. The first-order valence-corrected chi connectivity index (χ1v) is 5.15. The second-order valence-corrected chi connectivity index (χ2v) is 3.64. The summed E-state index contributed by atoms with van der Waals surface area (Å²) in [5.74, 6) is -1.04. The molecule has 0 radical (unpaired) electrons. The lowest BCUT2D eigenvalue weighted by molar-refractivity contribution is 0.0215. The van der Waals surface area contributed by atoms with Crippen LogP contribution in [0.1, 0.15) is 28.4 Å². The summed E-state index contributed by atoms with van der Waals surface area (Å²) < 4.78 is 4.87. The molecule has 0 aliphatic rings. The summed E-state index contributed by atoms with van der Waals surface area (Å²) in [6.07, 6.45) is -2.81. The highest BCUT2D eigenvalue weighted by Gasteiger charge is 2.21. The molecule has 0 amide bonds. The van der Waals surface area contributed by atoms with Gasteiger partial charge >= 0.3 is 5.97 Å². The number of methoxy groups -OCH3 is 1. The minimum atomic E-state index is -1.31. The molecule has 18 heavy (non-hydrogen) atoms. The summed E-state index contributed by atoms with van der Waals surface area (Å²) in [7, 11) is 1.34. The van der Waals surface area contributed by atoms with Crippen LogP contribution >= 0.6 is 0 Å². The van der Waals surface area contributed by atoms with Gasteiger partial charge in [-0.2, -0.15) is 5.26 Å². The molecule has 0 saturated carbocycles. The molecule has 2 unspecified atom stereocenters. The molecule has 0 bridgehead atoms. The predicted octanol–water partition coefficient (Wildman–Crippen LogP) is 0.701. The molecule has 6 heteroatoms. The molecule has 0 aliphatic heterocycles. The number of hydrogen-bond donors (Lipinski definition) is 3. The van der Waals surface area contributed by atoms with E-state index in [-0.39, 0.29) is 23.3 Å². The van der Waals surface area contributed by atoms with E-state index in [0.717, 1.165) is 0 Å². The van der Waals surface area contributed by atoms with Crippen molar-refractivity contribution in [2.24, 2.45) is 0 Å². The van der Waals surface area contributed by atoms with E-state index in [4.69, 9.17) is 15.1 Å². The first-order valence-electron chi connectivity index (χ1n) is 5.15. The Morgan fingerprint density at radius 1 is 1.50 bits per heavy atom. The molecule has 1 aromatic rings. The summed E-state index contributed by atoms with van der Waals surface area (Å²) in [5.41, 5.74) is 0.106. The Morgan fingerprint density at radius 3 is 2.67 bits per heavy atom. The molecular weight excluding hydrogens is 238 g/mol. The number of aromatic carboxylic acids is 1. The zero-order valence-electron chi connectivity index (χ0n) is 9.70. The fraction of sp³-hybridized carbons (Fsp3) is 0.333. The number of benzene rings is 1. The third-order valence-corrected chi connectivity index (χ3v) is 2.46. The number of hydrogen-bond acceptors (Lipinski definition) is 5. The number of ether oxygens (including phenoxy) is 1. The van der Waals surface area contributed by atoms with Crippen LogP contribution in [0.5, 0.6) is 5.75 Å². The number of carboxylic acid groups (broad SMARTS) is 1. The molecule has 0 heterocycles. The molecule has 2 atom stereocenters. The first kappa shape index (κ1) is 14.0. The van der Waals surface area contributed by atoms with Gasteiger partial charge in [0.15, 0.2) is 0 Å². The topological polar surface area (TPSA) is 111 Å². The van der Waals surface area contributed by atoms with Crippen molar-refractivity contribution in [3.05, 3.63) is 29.3 Å². The van der Waals surface area contributed by atoms with Gasteiger partial charge in [-0.15, -0.1) is 0 Å². The second-order valence-electron chi connectivity index (χ2n) is 3.64. The largest absolute Gasteiger partial charge is 0.496 e. The van der Waals surface area contributed by atoms with Crippen molar-refractivity contribution < 1.29 is 24.9 Å². The van der Waals surface area contributed by atoms with Gasteiger partial charge in [0, 0.05) is 0 Å². The van der Waals surface area contributed by atoms with Crippen molar-refractivity contribution in [1.82, 2.24) is 0 Å². The van der Waals surface area contributed by atoms with E-state index in [2.05, 4.69) is 0 Å². The molecule has 0 saturated heterocycles. The Kier molecular flexibility index (Phi) is 4.66. The lowest BCUT2D eigenvalue weighted by Crippen LogP contribution is -2.18. The Bertz CT molecular complexity index is 480. The molecule has 96 valence electrons. The van der Waals surface area contributed by atoms with E-state index >= 15 is 0 Å². The molecule has 0 fully saturated rings. The zero-order chi connectivity index (χ0) is 13.7. The minimum absolute atomic E-state index is 0.113. The highest BCUT2D eigenvalue weighted by atomic mass is 16.5. The summed E-state index contributed by atoms with van der Waals surface area (Å²) in [6.45, 7) is 0. The van der Waals surface area contributed by atoms with Crippen LogP contribution in [0.4, 0.5) is 0 Å². The average molecular weight is 251 g/mol. The van der Waals surface area contributed by atoms with Crippen LogP contribution in [0.25, 0.3) is 0 Å². The fourth-order valence-corrected chi connectivity index (χ4v) is 1.50. The average Bonchev–Trinajstić information content (AvgIpc) is 2.37. The summed E-state index contributed by atoms with van der Waals surface area (Å²) in [5, 5.41) is 36.6. The summed E-state index contributed by atoms with van der Waals surface area (Å²) in [4.78, 5) is 11.0. The van der Waals surface area contributed by atoms with E-state index in [1.54, 1.807) is 6.07 Å². The molecule has 3 N–H and O–H groups in total. The minimum Gasteiger partial charge on any atom is -0.496 e. The van der Waals surface area contributed by atoms with Crippen LogP contribution in [-0.4, -0.2) is 34.5 Å². The van der Waals surface area contributed by atoms with Crippen molar-refractivity contribution in [2.75, 3.05) is 7.11 Å². The van der Waals surface area contributed by atoms with Gasteiger partial charge in [0.25, 0.3) is 0 Å². The monoisotopic (exact) mass is 251 g/mol. The number of nitriles is 1. The van der Waals surface area contributed by atoms with Crippen molar-refractivity contribution in [2.45, 2.75) is 18.6 Å². The van der Waals surface area contributed by atoms with E-state index in [1.807, 2.05) is 0 Å². The Morgan fingerprint density at radius 2 is 2.17 bits per heavy atom. The van der Waals surface area contributed by atoms with Gasteiger partial charge in [0.2, 0.25) is 0 Å². The maximum atomic E-state index is 11.0. The number of aliphatic hydroxyl groups excluding tert-OH is 2. The zero-order valence-corrected chi connectivity index (χ0v) is 9.70. The SMILES string of the molecule is COc1ccc(C(O)C(O)CC#N)cc1C(=O)O. The van der Waals surface area contributed by atoms with Crippen molar-refractivity contribution in [3.63, 3.8) is 0 Å². The number of aliphatic hydroxyl groups is 2. The van der Waals surface area contributed by atoms with E-state index in [0.29, 0.717) is 0 Å². The van der Waals surface area contributed by atoms with Gasteiger partial charge < -0.3 is 20.1 Å². The summed E-state index contributed by atoms with van der Waals surface area (Å²) >= 11 is 0. The van der Waals surface area contributed by atoms with Crippen molar-refractivity contribution >= 4 is 5.97 Å². The third-order valence-electron chi connectivity index (χ3n) is 2.46. The maximum absolute atomic E-state index is 11.0. The van der Waals surface area contributed by atoms with Gasteiger partial charge in [0.1, 0.15) is 17.4 Å². The second kappa shape index (κ2) is 6.00. The number of carboxylic acids is 1. The molecular formula is C12H13NO5. The van der Waals surface area contributed by atoms with Crippen LogP contribution in [0, 0.1) is 11.3 Å².